The van der Waals surface area contributed by atoms with Crippen molar-refractivity contribution in [3.63, 3.8) is 0 Å². The molecule has 0 saturated carbocycles. The average Bonchev–Trinajstić information content (AvgIpc) is 3.41. The third-order valence-corrected chi connectivity index (χ3v) is 5.75. The second-order valence-corrected chi connectivity index (χ2v) is 8.30. The van der Waals surface area contributed by atoms with Crippen molar-refractivity contribution >= 4 is 51.7 Å². The number of amides is 1. The minimum atomic E-state index is -0.832. The number of hydrogen-bond donors (Lipinski definition) is 2. The fraction of sp³-hybridized carbons (Fsp3) is 0.200. The van der Waals surface area contributed by atoms with E-state index in [9.17, 15) is 4.79 Å². The van der Waals surface area contributed by atoms with E-state index >= 15 is 0 Å². The van der Waals surface area contributed by atoms with Crippen molar-refractivity contribution in [3.05, 3.63) is 73.3 Å². The fourth-order valence-electron chi connectivity index (χ4n) is 3.26. The Balaban J connectivity index is 1.56. The van der Waals surface area contributed by atoms with Crippen molar-refractivity contribution in [3.8, 4) is 11.4 Å². The number of imidazole rings is 1. The van der Waals surface area contributed by atoms with Gasteiger partial charge in [-0.2, -0.15) is 5.10 Å². The second kappa shape index (κ2) is 9.78. The lowest BCUT2D eigenvalue weighted by molar-refractivity contribution is 0.0951. The molecule has 11 nitrogen and oxygen atoms in total. The van der Waals surface area contributed by atoms with Gasteiger partial charge in [-0.25, -0.2) is 14.6 Å². The molecule has 0 spiro atoms. The molecule has 0 radical (unpaired) electrons. The van der Waals surface area contributed by atoms with Crippen molar-refractivity contribution in [1.29, 1.82) is 0 Å². The zero-order valence-electron chi connectivity index (χ0n) is 17.8. The highest BCUT2D eigenvalue weighted by molar-refractivity contribution is 6.40. The Hall–Kier alpha value is -3.50. The number of carbonyl (C=O) groups excluding carboxylic acids is 1. The molecule has 1 atom stereocenters. The third kappa shape index (κ3) is 4.73. The van der Waals surface area contributed by atoms with E-state index < -0.39 is 11.9 Å². The summed E-state index contributed by atoms with van der Waals surface area (Å²) in [7, 11) is 1.49. The number of nitrogens with one attached hydrogen (secondary N) is 2. The van der Waals surface area contributed by atoms with Crippen molar-refractivity contribution in [2.45, 2.75) is 13.0 Å². The molecule has 0 aliphatic heterocycles. The summed E-state index contributed by atoms with van der Waals surface area (Å²) in [6, 6.07) is 5.58. The van der Waals surface area contributed by atoms with Gasteiger partial charge in [-0.15, -0.1) is 0 Å². The van der Waals surface area contributed by atoms with E-state index in [4.69, 9.17) is 45.1 Å². The maximum absolute atomic E-state index is 12.9. The summed E-state index contributed by atoms with van der Waals surface area (Å²) in [5.74, 6) is 0.820. The number of methoxy groups -OCH3 is 1. The molecule has 0 fully saturated rings. The molecule has 2 N–H and O–H groups in total. The van der Waals surface area contributed by atoms with Gasteiger partial charge in [-0.1, -0.05) is 39.9 Å². The molecule has 1 amide bonds. The van der Waals surface area contributed by atoms with Gasteiger partial charge < -0.3 is 15.0 Å². The Bertz CT molecular complexity index is 1420. The molecule has 2 aromatic heterocycles. The Morgan fingerprint density at radius 1 is 1.26 bits per heavy atom. The topological polar surface area (TPSA) is 146 Å². The Morgan fingerprint density at radius 3 is 2.62 bits per heavy atom. The number of aryl methyl sites for hydroxylation is 1. The number of azide groups is 1. The van der Waals surface area contributed by atoms with Crippen LogP contribution in [-0.2, 0) is 0 Å². The highest BCUT2D eigenvalue weighted by Crippen LogP contribution is 2.31. The van der Waals surface area contributed by atoms with E-state index in [-0.39, 0.29) is 22.2 Å². The summed E-state index contributed by atoms with van der Waals surface area (Å²) in [6.07, 6.45) is 1.51. The zero-order chi connectivity index (χ0) is 24.4. The standard InChI is InChI=1S/C20H16Cl3N9O2/c1-9-26-8-32(30-9)10-3-12(22)18(13(23)4-10)20(33)25-7-16(29-31-24)19-27-14-5-11(21)17(34-2)6-15(14)28-19/h3-6,8,16H,7H2,1-2H3,(H,25,33)(H,27,28). The molecule has 4 rings (SSSR count). The second-order valence-electron chi connectivity index (χ2n) is 7.08. The third-order valence-electron chi connectivity index (χ3n) is 4.86. The van der Waals surface area contributed by atoms with Crippen molar-refractivity contribution in [2.24, 2.45) is 5.11 Å². The molecule has 0 bridgehead atoms. The lowest BCUT2D eigenvalue weighted by Gasteiger charge is -2.13. The number of carbonyl (C=O) groups is 1. The summed E-state index contributed by atoms with van der Waals surface area (Å²) in [4.78, 5) is 27.3. The minimum Gasteiger partial charge on any atom is -0.495 e. The van der Waals surface area contributed by atoms with Gasteiger partial charge >= 0.3 is 0 Å². The molecule has 1 unspecified atom stereocenters. The van der Waals surface area contributed by atoms with Crippen molar-refractivity contribution in [1.82, 2.24) is 30.0 Å². The number of aromatic amines is 1. The molecule has 0 saturated heterocycles. The van der Waals surface area contributed by atoms with Gasteiger partial charge in [0, 0.05) is 17.5 Å². The van der Waals surface area contributed by atoms with Gasteiger partial charge in [-0.3, -0.25) is 4.79 Å². The molecule has 34 heavy (non-hydrogen) atoms. The molecule has 2 heterocycles. The van der Waals surface area contributed by atoms with Crippen LogP contribution in [0.1, 0.15) is 28.0 Å². The minimum absolute atomic E-state index is 0.0652. The monoisotopic (exact) mass is 519 g/mol. The Morgan fingerprint density at radius 2 is 2.00 bits per heavy atom. The first kappa shape index (κ1) is 23.7. The van der Waals surface area contributed by atoms with Crippen molar-refractivity contribution < 1.29 is 9.53 Å². The molecule has 0 aliphatic rings. The van der Waals surface area contributed by atoms with E-state index in [0.29, 0.717) is 39.1 Å². The Labute approximate surface area is 207 Å². The van der Waals surface area contributed by atoms with Crippen LogP contribution in [0, 0.1) is 6.92 Å². The van der Waals surface area contributed by atoms with Gasteiger partial charge in [0.05, 0.1) is 44.5 Å². The maximum Gasteiger partial charge on any atom is 0.254 e. The number of ether oxygens (including phenoxy) is 1. The summed E-state index contributed by atoms with van der Waals surface area (Å²) in [5.41, 5.74) is 10.8. The normalized spacial score (nSPS) is 11.8. The van der Waals surface area contributed by atoms with Crippen LogP contribution in [0.15, 0.2) is 35.7 Å². The van der Waals surface area contributed by atoms with E-state index in [0.717, 1.165) is 0 Å². The van der Waals surface area contributed by atoms with Crippen LogP contribution < -0.4 is 10.1 Å². The number of benzene rings is 2. The summed E-state index contributed by atoms with van der Waals surface area (Å²) in [6.45, 7) is 1.68. The summed E-state index contributed by atoms with van der Waals surface area (Å²) >= 11 is 18.8. The molecule has 4 aromatic rings. The Kier molecular flexibility index (Phi) is 6.80. The quantitative estimate of drug-likeness (QED) is 0.195. The van der Waals surface area contributed by atoms with Crippen LogP contribution in [0.4, 0.5) is 0 Å². The zero-order valence-corrected chi connectivity index (χ0v) is 20.0. The van der Waals surface area contributed by atoms with Crippen LogP contribution in [0.5, 0.6) is 5.75 Å². The lowest BCUT2D eigenvalue weighted by atomic mass is 10.1. The fourth-order valence-corrected chi connectivity index (χ4v) is 4.14. The lowest BCUT2D eigenvalue weighted by Crippen LogP contribution is -2.28. The predicted octanol–water partition coefficient (Wildman–Crippen LogP) is 5.20. The number of halogens is 3. The SMILES string of the molecule is COc1cc2nc(C(CNC(=O)c3c(Cl)cc(-n4cnc(C)n4)cc3Cl)N=[N+]=[N-])[nH]c2cc1Cl. The maximum atomic E-state index is 12.9. The number of H-pyrrole nitrogens is 1. The van der Waals surface area contributed by atoms with E-state index in [1.54, 1.807) is 31.2 Å². The van der Waals surface area contributed by atoms with E-state index in [1.807, 2.05) is 0 Å². The van der Waals surface area contributed by atoms with Crippen molar-refractivity contribution in [2.75, 3.05) is 13.7 Å². The van der Waals surface area contributed by atoms with Gasteiger partial charge in [0.2, 0.25) is 0 Å². The van der Waals surface area contributed by atoms with Gasteiger partial charge in [0.1, 0.15) is 29.8 Å². The van der Waals surface area contributed by atoms with Crippen LogP contribution in [-0.4, -0.2) is 44.3 Å². The number of rotatable bonds is 7. The first-order valence-electron chi connectivity index (χ1n) is 9.74. The van der Waals surface area contributed by atoms with Crippen LogP contribution in [0.2, 0.25) is 15.1 Å². The molecule has 2 aromatic carbocycles. The number of aromatic nitrogens is 5. The first-order valence-corrected chi connectivity index (χ1v) is 10.9. The number of nitrogens with zero attached hydrogens (tertiary/aromatic N) is 7. The average molecular weight is 521 g/mol. The summed E-state index contributed by atoms with van der Waals surface area (Å²) < 4.78 is 6.70. The van der Waals surface area contributed by atoms with Gasteiger partial charge in [0.25, 0.3) is 5.91 Å². The largest absolute Gasteiger partial charge is 0.495 e. The highest BCUT2D eigenvalue weighted by atomic mass is 35.5. The number of hydrogen-bond acceptors (Lipinski definition) is 6. The molecule has 174 valence electrons. The summed E-state index contributed by atoms with van der Waals surface area (Å²) in [5, 5.41) is 11.3. The van der Waals surface area contributed by atoms with Crippen LogP contribution >= 0.6 is 34.8 Å². The van der Waals surface area contributed by atoms with E-state index in [2.05, 4.69) is 35.4 Å². The molecular formula is C20H16Cl3N9O2. The smallest absolute Gasteiger partial charge is 0.254 e. The van der Waals surface area contributed by atoms with Crippen LogP contribution in [0.25, 0.3) is 27.2 Å². The molecular weight excluding hydrogens is 505 g/mol. The number of fused-ring (bicyclic) bond motifs is 1. The van der Waals surface area contributed by atoms with Gasteiger partial charge in [0.15, 0.2) is 0 Å². The highest BCUT2D eigenvalue weighted by Gasteiger charge is 2.21. The predicted molar refractivity (Wildman–Crippen MR) is 128 cm³/mol. The van der Waals surface area contributed by atoms with E-state index in [1.165, 1.54) is 18.1 Å². The molecule has 0 aliphatic carbocycles. The van der Waals surface area contributed by atoms with Crippen LogP contribution in [0.3, 0.4) is 0 Å². The van der Waals surface area contributed by atoms with Gasteiger partial charge in [-0.05, 0) is 30.7 Å². The first-order chi connectivity index (χ1) is 16.3. The molecule has 14 heteroatoms.